The van der Waals surface area contributed by atoms with E-state index >= 15 is 0 Å². The molecule has 1 saturated heterocycles. The summed E-state index contributed by atoms with van der Waals surface area (Å²) in [5, 5.41) is 2.75. The van der Waals surface area contributed by atoms with Gasteiger partial charge in [-0.1, -0.05) is 42.5 Å². The largest absolute Gasteiger partial charge is 0.492 e. The predicted octanol–water partition coefficient (Wildman–Crippen LogP) is 7.77. The number of nitrogens with one attached hydrogen (secondary N) is 2. The Morgan fingerprint density at radius 1 is 0.877 bits per heavy atom. The van der Waals surface area contributed by atoms with Crippen molar-refractivity contribution in [2.24, 2.45) is 0 Å². The molecule has 0 aliphatic carbocycles. The number of hydrogen-bond donors (Lipinski definition) is 2. The number of piperazine rings is 1. The number of halogens is 3. The Hall–Kier alpha value is -5.54. The van der Waals surface area contributed by atoms with Gasteiger partial charge in [-0.25, -0.2) is 13.1 Å². The van der Waals surface area contributed by atoms with E-state index in [2.05, 4.69) is 15.2 Å². The molecule has 15 heteroatoms. The Bertz CT molecular complexity index is 2270. The number of pyridine rings is 1. The summed E-state index contributed by atoms with van der Waals surface area (Å²) in [6, 6.07) is 28.1. The normalized spacial score (nSPS) is 13.3. The Kier molecular flexibility index (Phi) is 13.4. The van der Waals surface area contributed by atoms with Crippen molar-refractivity contribution >= 4 is 45.0 Å². The zero-order valence-electron chi connectivity index (χ0n) is 31.2. The summed E-state index contributed by atoms with van der Waals surface area (Å²) < 4.78 is 75.7. The molecule has 1 aliphatic rings. The first-order chi connectivity index (χ1) is 27.4. The van der Waals surface area contributed by atoms with Crippen LogP contribution in [-0.4, -0.2) is 75.2 Å². The fourth-order valence-corrected chi connectivity index (χ4v) is 8.25. The Morgan fingerprint density at radius 3 is 2.32 bits per heavy atom. The lowest BCUT2D eigenvalue weighted by molar-refractivity contribution is -0.137. The van der Waals surface area contributed by atoms with E-state index in [1.54, 1.807) is 24.5 Å². The van der Waals surface area contributed by atoms with Crippen molar-refractivity contribution in [3.8, 4) is 16.9 Å². The third-order valence-corrected chi connectivity index (χ3v) is 11.7. The number of rotatable bonds is 15. The molecule has 0 spiro atoms. The highest BCUT2D eigenvalue weighted by molar-refractivity contribution is 7.99. The average Bonchev–Trinajstić information content (AvgIpc) is 3.22. The lowest BCUT2D eigenvalue weighted by Gasteiger charge is -2.36. The van der Waals surface area contributed by atoms with Crippen LogP contribution in [0.1, 0.15) is 34.8 Å². The molecule has 5 aromatic rings. The van der Waals surface area contributed by atoms with Gasteiger partial charge in [0.1, 0.15) is 5.75 Å². The standard InChI is InChI=1S/C42H42F3N5O5S2/c1-2-55-34-26-32(28-46-29-34)37-11-7-6-8-30(37)14-19-40(51)50-23-21-49(22-24-50)33-15-12-31(13-16-33)41(52)48-57(53,54)36-17-18-39(38(27-36)42(43,44)45)47-20-25-56-35-9-4-3-5-10-35/h3-13,15-18,26-29,47H,2,14,19-25H2,1H3,(H,48,52). The molecule has 2 amide bonds. The predicted molar refractivity (Wildman–Crippen MR) is 216 cm³/mol. The second-order valence-electron chi connectivity index (χ2n) is 13.1. The molecule has 2 N–H and O–H groups in total. The van der Waals surface area contributed by atoms with Gasteiger partial charge in [-0.05, 0) is 85.1 Å². The maximum absolute atomic E-state index is 14.0. The summed E-state index contributed by atoms with van der Waals surface area (Å²) >= 11 is 1.47. The number of aromatic nitrogens is 1. The van der Waals surface area contributed by atoms with Gasteiger partial charge < -0.3 is 19.9 Å². The summed E-state index contributed by atoms with van der Waals surface area (Å²) in [6.45, 7) is 4.76. The molecule has 0 unspecified atom stereocenters. The maximum Gasteiger partial charge on any atom is 0.418 e. The van der Waals surface area contributed by atoms with Crippen molar-refractivity contribution in [3.63, 3.8) is 0 Å². The number of hydrogen-bond acceptors (Lipinski definition) is 9. The average molecular weight is 818 g/mol. The molecule has 57 heavy (non-hydrogen) atoms. The van der Waals surface area contributed by atoms with Gasteiger partial charge >= 0.3 is 6.18 Å². The van der Waals surface area contributed by atoms with E-state index in [0.29, 0.717) is 63.2 Å². The molecule has 2 heterocycles. The van der Waals surface area contributed by atoms with E-state index in [4.69, 9.17) is 4.74 Å². The zero-order chi connectivity index (χ0) is 40.4. The number of thioether (sulfide) groups is 1. The van der Waals surface area contributed by atoms with Crippen LogP contribution in [0.5, 0.6) is 5.75 Å². The van der Waals surface area contributed by atoms with Crippen LogP contribution in [0.25, 0.3) is 11.1 Å². The molecule has 0 radical (unpaired) electrons. The fourth-order valence-electron chi connectivity index (χ4n) is 6.46. The van der Waals surface area contributed by atoms with E-state index in [1.807, 2.05) is 77.2 Å². The molecule has 1 aliphatic heterocycles. The van der Waals surface area contributed by atoms with Crippen molar-refractivity contribution in [2.45, 2.75) is 35.7 Å². The van der Waals surface area contributed by atoms with Crippen molar-refractivity contribution in [1.82, 2.24) is 14.6 Å². The molecule has 6 rings (SSSR count). The van der Waals surface area contributed by atoms with Crippen LogP contribution in [-0.2, 0) is 27.4 Å². The van der Waals surface area contributed by atoms with Gasteiger partial charge in [-0.15, -0.1) is 11.8 Å². The molecular weight excluding hydrogens is 776 g/mol. The van der Waals surface area contributed by atoms with Crippen LogP contribution in [0.4, 0.5) is 24.5 Å². The van der Waals surface area contributed by atoms with Gasteiger partial charge in [-0.3, -0.25) is 14.6 Å². The lowest BCUT2D eigenvalue weighted by Crippen LogP contribution is -2.48. The van der Waals surface area contributed by atoms with E-state index in [9.17, 15) is 31.2 Å². The van der Waals surface area contributed by atoms with Crippen molar-refractivity contribution in [1.29, 1.82) is 0 Å². The number of nitrogens with zero attached hydrogens (tertiary/aromatic N) is 3. The van der Waals surface area contributed by atoms with Gasteiger partial charge in [0.25, 0.3) is 15.9 Å². The molecule has 298 valence electrons. The van der Waals surface area contributed by atoms with E-state index < -0.39 is 32.6 Å². The SMILES string of the molecule is CCOc1cncc(-c2ccccc2CCC(=O)N2CCN(c3ccc(C(=O)NS(=O)(=O)c4ccc(NCCSc5ccccc5)c(C(F)(F)F)c4)cc3)CC2)c1. The molecule has 1 aromatic heterocycles. The number of carbonyl (C=O) groups is 2. The quantitative estimate of drug-likeness (QED) is 0.0807. The monoisotopic (exact) mass is 817 g/mol. The summed E-state index contributed by atoms with van der Waals surface area (Å²) in [5.41, 5.74) is 2.34. The molecule has 10 nitrogen and oxygen atoms in total. The Balaban J connectivity index is 1.00. The Labute approximate surface area is 334 Å². The van der Waals surface area contributed by atoms with Gasteiger partial charge in [0.15, 0.2) is 0 Å². The topological polar surface area (TPSA) is 121 Å². The highest BCUT2D eigenvalue weighted by atomic mass is 32.2. The molecule has 0 atom stereocenters. The number of sulfonamides is 1. The Morgan fingerprint density at radius 2 is 1.60 bits per heavy atom. The highest BCUT2D eigenvalue weighted by Gasteiger charge is 2.35. The molecule has 1 fully saturated rings. The number of alkyl halides is 3. The molecular formula is C42H42F3N5O5S2. The zero-order valence-corrected chi connectivity index (χ0v) is 32.8. The number of carbonyl (C=O) groups excluding carboxylic acids is 2. The van der Waals surface area contributed by atoms with Crippen molar-refractivity contribution in [3.05, 3.63) is 132 Å². The van der Waals surface area contributed by atoms with Crippen molar-refractivity contribution in [2.75, 3.05) is 55.3 Å². The second kappa shape index (κ2) is 18.6. The third-order valence-electron chi connectivity index (χ3n) is 9.35. The minimum absolute atomic E-state index is 0.0158. The van der Waals surface area contributed by atoms with Crippen LogP contribution >= 0.6 is 11.8 Å². The third kappa shape index (κ3) is 10.9. The molecule has 0 saturated carbocycles. The summed E-state index contributed by atoms with van der Waals surface area (Å²) in [5.74, 6) is 0.231. The van der Waals surface area contributed by atoms with E-state index in [-0.39, 0.29) is 23.7 Å². The van der Waals surface area contributed by atoms with Gasteiger partial charge in [-0.2, -0.15) is 13.2 Å². The number of ether oxygens (including phenoxy) is 1. The van der Waals surface area contributed by atoms with Crippen LogP contribution in [0, 0.1) is 0 Å². The smallest absolute Gasteiger partial charge is 0.418 e. The van der Waals surface area contributed by atoms with Crippen LogP contribution in [0.3, 0.4) is 0 Å². The number of aryl methyl sites for hydroxylation is 1. The lowest BCUT2D eigenvalue weighted by atomic mass is 9.97. The summed E-state index contributed by atoms with van der Waals surface area (Å²) in [6.07, 6.45) is -0.483. The van der Waals surface area contributed by atoms with Crippen LogP contribution in [0.2, 0.25) is 0 Å². The fraction of sp³-hybridized carbons (Fsp3) is 0.262. The first-order valence-corrected chi connectivity index (χ1v) is 20.9. The molecule has 0 bridgehead atoms. The highest BCUT2D eigenvalue weighted by Crippen LogP contribution is 2.36. The van der Waals surface area contributed by atoms with Gasteiger partial charge in [0, 0.05) is 78.5 Å². The minimum atomic E-state index is -4.85. The van der Waals surface area contributed by atoms with Gasteiger partial charge in [0.05, 0.1) is 23.3 Å². The van der Waals surface area contributed by atoms with Crippen LogP contribution in [0.15, 0.2) is 125 Å². The molecule has 4 aromatic carbocycles. The first kappa shape index (κ1) is 41.1. The second-order valence-corrected chi connectivity index (χ2v) is 16.0. The number of anilines is 2. The summed E-state index contributed by atoms with van der Waals surface area (Å²) in [7, 11) is -4.64. The van der Waals surface area contributed by atoms with E-state index in [0.717, 1.165) is 39.4 Å². The number of amides is 2. The minimum Gasteiger partial charge on any atom is -0.492 e. The first-order valence-electron chi connectivity index (χ1n) is 18.4. The van der Waals surface area contributed by atoms with Crippen molar-refractivity contribution < 1.29 is 35.9 Å². The van der Waals surface area contributed by atoms with Crippen LogP contribution < -0.4 is 19.7 Å². The number of benzene rings is 4. The van der Waals surface area contributed by atoms with E-state index in [1.165, 1.54) is 23.9 Å². The maximum atomic E-state index is 14.0. The van der Waals surface area contributed by atoms with Gasteiger partial charge in [0.2, 0.25) is 5.91 Å². The summed E-state index contributed by atoms with van der Waals surface area (Å²) in [4.78, 5) is 34.7.